The van der Waals surface area contributed by atoms with Gasteiger partial charge in [0.25, 0.3) is 0 Å². The first kappa shape index (κ1) is 15.2. The summed E-state index contributed by atoms with van der Waals surface area (Å²) in [6, 6.07) is 0.384. The van der Waals surface area contributed by atoms with Crippen molar-refractivity contribution in [2.45, 2.75) is 45.3 Å². The highest BCUT2D eigenvalue weighted by Crippen LogP contribution is 2.15. The minimum Gasteiger partial charge on any atom is -0.444 e. The molecule has 1 fully saturated rings. The lowest BCUT2D eigenvalue weighted by molar-refractivity contribution is 0.0291. The molecule has 0 aromatic carbocycles. The highest BCUT2D eigenvalue weighted by Gasteiger charge is 2.29. The predicted molar refractivity (Wildman–Crippen MR) is 70.7 cm³/mol. The summed E-state index contributed by atoms with van der Waals surface area (Å²) >= 11 is 0. The highest BCUT2D eigenvalue weighted by atomic mass is 16.6. The van der Waals surface area contributed by atoms with E-state index in [0.29, 0.717) is 6.04 Å². The van der Waals surface area contributed by atoms with Crippen LogP contribution in [0.5, 0.6) is 0 Å². The minimum atomic E-state index is -0.416. The Morgan fingerprint density at radius 2 is 2.17 bits per heavy atom. The van der Waals surface area contributed by atoms with Crippen LogP contribution in [0.25, 0.3) is 0 Å². The Hall–Kier alpha value is -0.810. The maximum atomic E-state index is 11.8. The van der Waals surface area contributed by atoms with Crippen LogP contribution < -0.4 is 5.32 Å². The molecule has 1 saturated heterocycles. The Balaban J connectivity index is 2.22. The lowest BCUT2D eigenvalue weighted by Gasteiger charge is -2.24. The van der Waals surface area contributed by atoms with Crippen LogP contribution >= 0.6 is 0 Å². The summed E-state index contributed by atoms with van der Waals surface area (Å²) in [5, 5.41) is 3.43. The van der Waals surface area contributed by atoms with E-state index in [0.717, 1.165) is 39.1 Å². The number of amides is 1. The molecule has 0 spiro atoms. The number of nitrogens with one attached hydrogen (secondary N) is 1. The quantitative estimate of drug-likeness (QED) is 0.761. The summed E-state index contributed by atoms with van der Waals surface area (Å²) in [5.74, 6) is 0. The van der Waals surface area contributed by atoms with Gasteiger partial charge in [-0.25, -0.2) is 4.79 Å². The normalized spacial score (nSPS) is 20.2. The van der Waals surface area contributed by atoms with Gasteiger partial charge in [-0.1, -0.05) is 0 Å². The Bertz CT molecular complexity index is 263. The fraction of sp³-hybridized carbons (Fsp3) is 0.923. The Kier molecular flexibility index (Phi) is 5.88. The number of nitrogens with zero attached hydrogens (tertiary/aromatic N) is 1. The lowest BCUT2D eigenvalue weighted by atomic mass is 10.2. The summed E-state index contributed by atoms with van der Waals surface area (Å²) in [6.07, 6.45) is 1.79. The van der Waals surface area contributed by atoms with E-state index in [-0.39, 0.29) is 6.09 Å². The van der Waals surface area contributed by atoms with Gasteiger partial charge in [0.05, 0.1) is 0 Å². The molecule has 1 amide bonds. The Morgan fingerprint density at radius 1 is 1.44 bits per heavy atom. The predicted octanol–water partition coefficient (Wildman–Crippen LogP) is 1.62. The van der Waals surface area contributed by atoms with Gasteiger partial charge in [0, 0.05) is 32.8 Å². The largest absolute Gasteiger partial charge is 0.444 e. The van der Waals surface area contributed by atoms with Gasteiger partial charge in [-0.05, 0) is 40.2 Å². The molecule has 18 heavy (non-hydrogen) atoms. The fourth-order valence-corrected chi connectivity index (χ4v) is 1.94. The van der Waals surface area contributed by atoms with Crippen LogP contribution in [0.4, 0.5) is 4.79 Å². The zero-order valence-corrected chi connectivity index (χ0v) is 12.0. The van der Waals surface area contributed by atoms with Gasteiger partial charge in [0.15, 0.2) is 0 Å². The second-order valence-electron chi connectivity index (χ2n) is 5.71. The van der Waals surface area contributed by atoms with Gasteiger partial charge < -0.3 is 19.7 Å². The van der Waals surface area contributed by atoms with E-state index in [1.165, 1.54) is 0 Å². The van der Waals surface area contributed by atoms with Crippen LogP contribution in [0.1, 0.15) is 33.6 Å². The summed E-state index contributed by atoms with van der Waals surface area (Å²) < 4.78 is 10.3. The molecule has 0 aromatic rings. The van der Waals surface area contributed by atoms with Gasteiger partial charge in [-0.2, -0.15) is 0 Å². The summed E-state index contributed by atoms with van der Waals surface area (Å²) in [7, 11) is 1.71. The van der Waals surface area contributed by atoms with Gasteiger partial charge in [-0.15, -0.1) is 0 Å². The highest BCUT2D eigenvalue weighted by molar-refractivity contribution is 5.68. The third kappa shape index (κ3) is 5.69. The van der Waals surface area contributed by atoms with Crippen molar-refractivity contribution in [2.75, 3.05) is 33.4 Å². The molecule has 5 nitrogen and oxygen atoms in total. The van der Waals surface area contributed by atoms with Gasteiger partial charge in [0.1, 0.15) is 5.60 Å². The molecule has 0 bridgehead atoms. The molecule has 1 aliphatic heterocycles. The Labute approximate surface area is 110 Å². The number of rotatable bonds is 5. The number of methoxy groups -OCH3 is 1. The van der Waals surface area contributed by atoms with Crippen LogP contribution in [-0.4, -0.2) is 56.0 Å². The van der Waals surface area contributed by atoms with Crippen molar-refractivity contribution in [3.05, 3.63) is 0 Å². The van der Waals surface area contributed by atoms with E-state index in [2.05, 4.69) is 5.32 Å². The summed E-state index contributed by atoms with van der Waals surface area (Å²) in [4.78, 5) is 13.6. The lowest BCUT2D eigenvalue weighted by Crippen LogP contribution is -2.38. The van der Waals surface area contributed by atoms with E-state index >= 15 is 0 Å². The molecule has 0 radical (unpaired) electrons. The van der Waals surface area contributed by atoms with E-state index in [4.69, 9.17) is 9.47 Å². The number of carbonyl (C=O) groups is 1. The third-order valence-corrected chi connectivity index (χ3v) is 2.80. The molecular weight excluding hydrogens is 232 g/mol. The van der Waals surface area contributed by atoms with Crippen molar-refractivity contribution in [3.8, 4) is 0 Å². The molecule has 5 heteroatoms. The van der Waals surface area contributed by atoms with E-state index in [9.17, 15) is 4.79 Å². The first-order valence-corrected chi connectivity index (χ1v) is 6.62. The molecule has 0 unspecified atom stereocenters. The smallest absolute Gasteiger partial charge is 0.410 e. The van der Waals surface area contributed by atoms with E-state index < -0.39 is 5.60 Å². The zero-order chi connectivity index (χ0) is 13.6. The SMILES string of the molecule is COCCCN[C@@H]1CCN(C(=O)OC(C)(C)C)C1. The topological polar surface area (TPSA) is 50.8 Å². The van der Waals surface area contributed by atoms with Gasteiger partial charge >= 0.3 is 6.09 Å². The van der Waals surface area contributed by atoms with Crippen molar-refractivity contribution in [3.63, 3.8) is 0 Å². The van der Waals surface area contributed by atoms with Gasteiger partial charge in [0.2, 0.25) is 0 Å². The molecule has 106 valence electrons. The second-order valence-corrected chi connectivity index (χ2v) is 5.71. The first-order chi connectivity index (χ1) is 8.42. The minimum absolute atomic E-state index is 0.205. The second kappa shape index (κ2) is 6.95. The molecule has 0 saturated carbocycles. The standard InChI is InChI=1S/C13H26N2O3/c1-13(2,3)18-12(16)15-8-6-11(10-15)14-7-5-9-17-4/h11,14H,5-10H2,1-4H3/t11-/m1/s1. The molecule has 1 aliphatic rings. The first-order valence-electron chi connectivity index (χ1n) is 6.62. The van der Waals surface area contributed by atoms with Gasteiger partial charge in [-0.3, -0.25) is 0 Å². The number of ether oxygens (including phenoxy) is 2. The molecule has 1 heterocycles. The molecule has 1 N–H and O–H groups in total. The monoisotopic (exact) mass is 258 g/mol. The number of likely N-dealkylation sites (tertiary alicyclic amines) is 1. The average molecular weight is 258 g/mol. The third-order valence-electron chi connectivity index (χ3n) is 2.80. The summed E-state index contributed by atoms with van der Waals surface area (Å²) in [6.45, 7) is 8.89. The van der Waals surface area contributed by atoms with Crippen molar-refractivity contribution in [1.29, 1.82) is 0 Å². The zero-order valence-electron chi connectivity index (χ0n) is 12.0. The Morgan fingerprint density at radius 3 is 2.78 bits per heavy atom. The van der Waals surface area contributed by atoms with Crippen molar-refractivity contribution >= 4 is 6.09 Å². The molecule has 1 atom stereocenters. The molecule has 0 aliphatic carbocycles. The molecule has 1 rings (SSSR count). The van der Waals surface area contributed by atoms with Crippen molar-refractivity contribution in [1.82, 2.24) is 10.2 Å². The average Bonchev–Trinajstić information content (AvgIpc) is 2.71. The maximum Gasteiger partial charge on any atom is 0.410 e. The van der Waals surface area contributed by atoms with Crippen LogP contribution in [0, 0.1) is 0 Å². The summed E-state index contributed by atoms with van der Waals surface area (Å²) in [5.41, 5.74) is -0.416. The van der Waals surface area contributed by atoms with E-state index in [1.54, 1.807) is 12.0 Å². The van der Waals surface area contributed by atoms with Crippen molar-refractivity contribution < 1.29 is 14.3 Å². The molecular formula is C13H26N2O3. The number of hydrogen-bond acceptors (Lipinski definition) is 4. The maximum absolute atomic E-state index is 11.8. The van der Waals surface area contributed by atoms with Crippen molar-refractivity contribution in [2.24, 2.45) is 0 Å². The van der Waals surface area contributed by atoms with Crippen LogP contribution in [0.3, 0.4) is 0 Å². The van der Waals surface area contributed by atoms with Crippen LogP contribution in [-0.2, 0) is 9.47 Å². The van der Waals surface area contributed by atoms with E-state index in [1.807, 2.05) is 20.8 Å². The van der Waals surface area contributed by atoms with Crippen LogP contribution in [0.15, 0.2) is 0 Å². The molecule has 0 aromatic heterocycles. The number of carbonyl (C=O) groups excluding carboxylic acids is 1. The number of hydrogen-bond donors (Lipinski definition) is 1. The van der Waals surface area contributed by atoms with Crippen LogP contribution in [0.2, 0.25) is 0 Å². The fourth-order valence-electron chi connectivity index (χ4n) is 1.94.